The van der Waals surface area contributed by atoms with E-state index >= 15 is 0 Å². The third-order valence-electron chi connectivity index (χ3n) is 1.54. The summed E-state index contributed by atoms with van der Waals surface area (Å²) in [6.45, 7) is 7.59. The lowest BCUT2D eigenvalue weighted by atomic mass is 10.0. The normalized spacial score (nSPS) is 12.8. The second-order valence-electron chi connectivity index (χ2n) is 4.49. The summed E-state index contributed by atoms with van der Waals surface area (Å²) in [5, 5.41) is 2.81. The zero-order valence-electron chi connectivity index (χ0n) is 9.10. The molecule has 0 aliphatic heterocycles. The Labute approximate surface area is 79.8 Å². The van der Waals surface area contributed by atoms with Gasteiger partial charge in [-0.15, -0.1) is 0 Å². The number of hydrogen-bond donors (Lipinski definition) is 2. The standard InChI is InChI=1S/C9H20N2O2/c1-8(2,6-13-5)11-7(12)9(3,4)10/h6,10H2,1-5H3,(H,11,12). The van der Waals surface area contributed by atoms with Gasteiger partial charge in [-0.05, 0) is 27.7 Å². The van der Waals surface area contributed by atoms with Gasteiger partial charge in [0.15, 0.2) is 0 Å². The molecule has 0 aromatic rings. The Morgan fingerprint density at radius 1 is 1.38 bits per heavy atom. The summed E-state index contributed by atoms with van der Waals surface area (Å²) >= 11 is 0. The number of methoxy groups -OCH3 is 1. The van der Waals surface area contributed by atoms with Crippen LogP contribution in [0.2, 0.25) is 0 Å². The van der Waals surface area contributed by atoms with Crippen LogP contribution in [0.4, 0.5) is 0 Å². The molecular formula is C9H20N2O2. The van der Waals surface area contributed by atoms with Gasteiger partial charge in [0.05, 0.1) is 17.7 Å². The molecular weight excluding hydrogens is 168 g/mol. The van der Waals surface area contributed by atoms with Crippen molar-refractivity contribution in [1.82, 2.24) is 5.32 Å². The van der Waals surface area contributed by atoms with Gasteiger partial charge in [0.25, 0.3) is 0 Å². The highest BCUT2D eigenvalue weighted by molar-refractivity contribution is 5.85. The Morgan fingerprint density at radius 2 is 1.85 bits per heavy atom. The molecule has 3 N–H and O–H groups in total. The smallest absolute Gasteiger partial charge is 0.239 e. The second kappa shape index (κ2) is 4.07. The molecule has 0 heterocycles. The van der Waals surface area contributed by atoms with Gasteiger partial charge in [-0.2, -0.15) is 0 Å². The van der Waals surface area contributed by atoms with Crippen LogP contribution >= 0.6 is 0 Å². The second-order valence-corrected chi connectivity index (χ2v) is 4.49. The highest BCUT2D eigenvalue weighted by Gasteiger charge is 2.28. The Balaban J connectivity index is 4.20. The van der Waals surface area contributed by atoms with Crippen LogP contribution in [-0.2, 0) is 9.53 Å². The van der Waals surface area contributed by atoms with Gasteiger partial charge in [0.2, 0.25) is 5.91 Å². The van der Waals surface area contributed by atoms with E-state index in [0.29, 0.717) is 6.61 Å². The molecule has 78 valence electrons. The summed E-state index contributed by atoms with van der Waals surface area (Å²) in [6, 6.07) is 0. The van der Waals surface area contributed by atoms with E-state index in [1.54, 1.807) is 21.0 Å². The fourth-order valence-corrected chi connectivity index (χ4v) is 0.865. The van der Waals surface area contributed by atoms with E-state index in [0.717, 1.165) is 0 Å². The number of amides is 1. The Bertz CT molecular complexity index is 183. The predicted octanol–water partition coefficient (Wildman–Crippen LogP) is 0.265. The van der Waals surface area contributed by atoms with Crippen molar-refractivity contribution < 1.29 is 9.53 Å². The van der Waals surface area contributed by atoms with Crippen LogP contribution in [0.1, 0.15) is 27.7 Å². The van der Waals surface area contributed by atoms with Crippen molar-refractivity contribution in [3.05, 3.63) is 0 Å². The molecule has 0 aromatic carbocycles. The molecule has 0 aromatic heterocycles. The molecule has 0 aliphatic carbocycles. The molecule has 1 amide bonds. The predicted molar refractivity (Wildman–Crippen MR) is 52.4 cm³/mol. The average Bonchev–Trinajstić information content (AvgIpc) is 1.83. The van der Waals surface area contributed by atoms with E-state index in [-0.39, 0.29) is 11.4 Å². The summed E-state index contributed by atoms with van der Waals surface area (Å²) in [7, 11) is 1.60. The molecule has 4 nitrogen and oxygen atoms in total. The van der Waals surface area contributed by atoms with Crippen LogP contribution in [0.25, 0.3) is 0 Å². The SMILES string of the molecule is COCC(C)(C)NC(=O)C(C)(C)N. The Hall–Kier alpha value is -0.610. The number of nitrogens with one attached hydrogen (secondary N) is 1. The number of carbonyl (C=O) groups excluding carboxylic acids is 1. The first kappa shape index (κ1) is 12.4. The average molecular weight is 188 g/mol. The van der Waals surface area contributed by atoms with E-state index in [9.17, 15) is 4.79 Å². The van der Waals surface area contributed by atoms with Crippen molar-refractivity contribution in [3.63, 3.8) is 0 Å². The van der Waals surface area contributed by atoms with Gasteiger partial charge >= 0.3 is 0 Å². The van der Waals surface area contributed by atoms with Crippen molar-refractivity contribution in [2.45, 2.75) is 38.8 Å². The van der Waals surface area contributed by atoms with Gasteiger partial charge in [0.1, 0.15) is 0 Å². The van der Waals surface area contributed by atoms with E-state index in [1.165, 1.54) is 0 Å². The van der Waals surface area contributed by atoms with E-state index < -0.39 is 5.54 Å². The van der Waals surface area contributed by atoms with E-state index in [2.05, 4.69) is 5.32 Å². The van der Waals surface area contributed by atoms with Crippen LogP contribution in [0.3, 0.4) is 0 Å². The zero-order chi connectivity index (χ0) is 10.7. The molecule has 0 aliphatic rings. The third-order valence-corrected chi connectivity index (χ3v) is 1.54. The Morgan fingerprint density at radius 3 is 2.15 bits per heavy atom. The van der Waals surface area contributed by atoms with Gasteiger partial charge in [0, 0.05) is 7.11 Å². The summed E-state index contributed by atoms with van der Waals surface area (Å²) < 4.78 is 4.96. The lowest BCUT2D eigenvalue weighted by Crippen LogP contribution is -2.57. The first-order valence-corrected chi connectivity index (χ1v) is 4.29. The van der Waals surface area contributed by atoms with Gasteiger partial charge < -0.3 is 15.8 Å². The molecule has 0 saturated heterocycles. The van der Waals surface area contributed by atoms with Gasteiger partial charge in [-0.25, -0.2) is 0 Å². The minimum absolute atomic E-state index is 0.172. The molecule has 0 spiro atoms. The van der Waals surface area contributed by atoms with Gasteiger partial charge in [-0.1, -0.05) is 0 Å². The molecule has 0 atom stereocenters. The van der Waals surface area contributed by atoms with Crippen LogP contribution < -0.4 is 11.1 Å². The zero-order valence-corrected chi connectivity index (χ0v) is 9.10. The molecule has 0 unspecified atom stereocenters. The van der Waals surface area contributed by atoms with Gasteiger partial charge in [-0.3, -0.25) is 4.79 Å². The quantitative estimate of drug-likeness (QED) is 0.665. The summed E-state index contributed by atoms with van der Waals surface area (Å²) in [4.78, 5) is 11.5. The van der Waals surface area contributed by atoms with Crippen molar-refractivity contribution in [3.8, 4) is 0 Å². The molecule has 0 bridgehead atoms. The van der Waals surface area contributed by atoms with Crippen molar-refractivity contribution in [2.75, 3.05) is 13.7 Å². The highest BCUT2D eigenvalue weighted by atomic mass is 16.5. The third kappa shape index (κ3) is 4.85. The number of carbonyl (C=O) groups is 1. The molecule has 0 radical (unpaired) electrons. The first-order chi connectivity index (χ1) is 5.69. The number of ether oxygens (including phenoxy) is 1. The van der Waals surface area contributed by atoms with Crippen LogP contribution in [-0.4, -0.2) is 30.7 Å². The maximum atomic E-state index is 11.5. The van der Waals surface area contributed by atoms with Crippen LogP contribution in [0.15, 0.2) is 0 Å². The maximum absolute atomic E-state index is 11.5. The van der Waals surface area contributed by atoms with E-state index in [4.69, 9.17) is 10.5 Å². The maximum Gasteiger partial charge on any atom is 0.239 e. The molecule has 4 heteroatoms. The lowest BCUT2D eigenvalue weighted by molar-refractivity contribution is -0.127. The largest absolute Gasteiger partial charge is 0.382 e. The first-order valence-electron chi connectivity index (χ1n) is 4.29. The van der Waals surface area contributed by atoms with Crippen molar-refractivity contribution in [2.24, 2.45) is 5.73 Å². The van der Waals surface area contributed by atoms with Crippen molar-refractivity contribution in [1.29, 1.82) is 0 Å². The fraction of sp³-hybridized carbons (Fsp3) is 0.889. The molecule has 0 saturated carbocycles. The summed E-state index contributed by atoms with van der Waals surface area (Å²) in [5.41, 5.74) is 4.41. The molecule has 0 rings (SSSR count). The van der Waals surface area contributed by atoms with E-state index in [1.807, 2.05) is 13.8 Å². The monoisotopic (exact) mass is 188 g/mol. The minimum Gasteiger partial charge on any atom is -0.382 e. The molecule has 0 fully saturated rings. The van der Waals surface area contributed by atoms with Crippen LogP contribution in [0, 0.1) is 0 Å². The fourth-order valence-electron chi connectivity index (χ4n) is 0.865. The topological polar surface area (TPSA) is 64.3 Å². The lowest BCUT2D eigenvalue weighted by Gasteiger charge is -2.29. The number of rotatable bonds is 4. The Kier molecular flexibility index (Phi) is 3.88. The summed E-state index contributed by atoms with van der Waals surface area (Å²) in [5.74, 6) is -0.172. The highest BCUT2D eigenvalue weighted by Crippen LogP contribution is 2.05. The summed E-state index contributed by atoms with van der Waals surface area (Å²) in [6.07, 6.45) is 0. The number of nitrogens with two attached hydrogens (primary N) is 1. The van der Waals surface area contributed by atoms with Crippen molar-refractivity contribution >= 4 is 5.91 Å². The minimum atomic E-state index is -0.842. The number of hydrogen-bond acceptors (Lipinski definition) is 3. The molecule has 13 heavy (non-hydrogen) atoms. The van der Waals surface area contributed by atoms with Crippen LogP contribution in [0.5, 0.6) is 0 Å².